The summed E-state index contributed by atoms with van der Waals surface area (Å²) in [7, 11) is 0. The number of nitro benzene ring substituents is 1. The molecule has 20 heavy (non-hydrogen) atoms. The first-order valence-electron chi connectivity index (χ1n) is 6.68. The van der Waals surface area contributed by atoms with Crippen LogP contribution < -0.4 is 5.43 Å². The van der Waals surface area contributed by atoms with Crippen molar-refractivity contribution in [3.05, 3.63) is 49.3 Å². The summed E-state index contributed by atoms with van der Waals surface area (Å²) < 4.78 is 0. The van der Waals surface area contributed by atoms with Gasteiger partial charge in [-0.1, -0.05) is 13.8 Å². The van der Waals surface area contributed by atoms with Gasteiger partial charge in [0.05, 0.1) is 10.3 Å². The number of H-pyrrole nitrogens is 1. The highest BCUT2D eigenvalue weighted by atomic mass is 16.6. The highest BCUT2D eigenvalue weighted by Gasteiger charge is 2.19. The molecule has 106 valence electrons. The molecular formula is C15H18N2O3. The number of nitrogens with zero attached hydrogens (tertiary/aromatic N) is 1. The van der Waals surface area contributed by atoms with Gasteiger partial charge in [0.1, 0.15) is 5.52 Å². The quantitative estimate of drug-likeness (QED) is 0.686. The SMILES string of the molecule is CCC(C)c1cc([N+](=O)[O-])c2[nH]c(C)c(C)c(=O)c2c1. The molecule has 0 aliphatic heterocycles. The second-order valence-electron chi connectivity index (χ2n) is 5.23. The molecule has 1 unspecified atom stereocenters. The fraction of sp³-hybridized carbons (Fsp3) is 0.400. The Kier molecular flexibility index (Phi) is 3.61. The molecule has 0 aliphatic carbocycles. The van der Waals surface area contributed by atoms with Crippen LogP contribution in [0.15, 0.2) is 16.9 Å². The second-order valence-corrected chi connectivity index (χ2v) is 5.23. The lowest BCUT2D eigenvalue weighted by molar-refractivity contribution is -0.383. The lowest BCUT2D eigenvalue weighted by atomic mass is 9.95. The highest BCUT2D eigenvalue weighted by molar-refractivity contribution is 5.88. The number of nitro groups is 1. The van der Waals surface area contributed by atoms with Crippen LogP contribution in [0.2, 0.25) is 0 Å². The third-order valence-corrected chi connectivity index (χ3v) is 3.98. The van der Waals surface area contributed by atoms with E-state index in [1.165, 1.54) is 0 Å². The van der Waals surface area contributed by atoms with Gasteiger partial charge in [-0.3, -0.25) is 14.9 Å². The monoisotopic (exact) mass is 274 g/mol. The van der Waals surface area contributed by atoms with Gasteiger partial charge in [0.2, 0.25) is 0 Å². The zero-order valence-corrected chi connectivity index (χ0v) is 12.1. The summed E-state index contributed by atoms with van der Waals surface area (Å²) in [6, 6.07) is 3.35. The molecule has 5 nitrogen and oxygen atoms in total. The first-order chi connectivity index (χ1) is 9.36. The van der Waals surface area contributed by atoms with Gasteiger partial charge in [0, 0.05) is 17.3 Å². The number of aryl methyl sites for hydroxylation is 1. The van der Waals surface area contributed by atoms with Crippen LogP contribution in [0.5, 0.6) is 0 Å². The van der Waals surface area contributed by atoms with Crippen LogP contribution in [-0.2, 0) is 0 Å². The van der Waals surface area contributed by atoms with E-state index in [0.29, 0.717) is 22.2 Å². The standard InChI is InChI=1S/C15H18N2O3/c1-5-8(2)11-6-12-14(13(7-11)17(19)20)16-10(4)9(3)15(12)18/h6-8H,5H2,1-4H3,(H,16,18). The van der Waals surface area contributed by atoms with E-state index < -0.39 is 4.92 Å². The number of pyridine rings is 1. The van der Waals surface area contributed by atoms with Crippen LogP contribution >= 0.6 is 0 Å². The largest absolute Gasteiger partial charge is 0.353 e. The van der Waals surface area contributed by atoms with Crippen molar-refractivity contribution in [2.45, 2.75) is 40.0 Å². The van der Waals surface area contributed by atoms with Gasteiger partial charge in [-0.2, -0.15) is 0 Å². The number of nitrogens with one attached hydrogen (secondary N) is 1. The Morgan fingerprint density at radius 2 is 2.00 bits per heavy atom. The average Bonchev–Trinajstić information content (AvgIpc) is 2.43. The molecule has 2 aromatic rings. The van der Waals surface area contributed by atoms with E-state index in [1.807, 2.05) is 13.8 Å². The fourth-order valence-electron chi connectivity index (χ4n) is 2.28. The Morgan fingerprint density at radius 1 is 1.35 bits per heavy atom. The van der Waals surface area contributed by atoms with E-state index in [-0.39, 0.29) is 17.0 Å². The van der Waals surface area contributed by atoms with Crippen molar-refractivity contribution in [2.75, 3.05) is 0 Å². The van der Waals surface area contributed by atoms with Crippen LogP contribution in [-0.4, -0.2) is 9.91 Å². The molecule has 2 rings (SSSR count). The molecular weight excluding hydrogens is 256 g/mol. The van der Waals surface area contributed by atoms with Crippen molar-refractivity contribution in [1.82, 2.24) is 4.98 Å². The van der Waals surface area contributed by atoms with Crippen molar-refractivity contribution in [1.29, 1.82) is 0 Å². The summed E-state index contributed by atoms with van der Waals surface area (Å²) in [5.41, 5.74) is 2.26. The van der Waals surface area contributed by atoms with Crippen LogP contribution in [0, 0.1) is 24.0 Å². The summed E-state index contributed by atoms with van der Waals surface area (Å²) >= 11 is 0. The van der Waals surface area contributed by atoms with E-state index in [4.69, 9.17) is 0 Å². The number of benzene rings is 1. The van der Waals surface area contributed by atoms with Gasteiger partial charge in [-0.15, -0.1) is 0 Å². The summed E-state index contributed by atoms with van der Waals surface area (Å²) in [5.74, 6) is 0.180. The third-order valence-electron chi connectivity index (χ3n) is 3.98. The molecule has 0 saturated heterocycles. The van der Waals surface area contributed by atoms with Crippen LogP contribution in [0.25, 0.3) is 10.9 Å². The summed E-state index contributed by atoms with van der Waals surface area (Å²) in [6.45, 7) is 7.50. The Balaban J connectivity index is 2.93. The van der Waals surface area contributed by atoms with E-state index >= 15 is 0 Å². The van der Waals surface area contributed by atoms with Gasteiger partial charge in [-0.25, -0.2) is 0 Å². The topological polar surface area (TPSA) is 76.0 Å². The first kappa shape index (κ1) is 14.2. The normalized spacial score (nSPS) is 12.6. The maximum absolute atomic E-state index is 12.3. The predicted octanol–water partition coefficient (Wildman–Crippen LogP) is 3.57. The number of aromatic amines is 1. The van der Waals surface area contributed by atoms with Crippen molar-refractivity contribution in [2.24, 2.45) is 0 Å². The molecule has 1 aromatic carbocycles. The van der Waals surface area contributed by atoms with Crippen molar-refractivity contribution >= 4 is 16.6 Å². The molecule has 0 saturated carbocycles. The molecule has 0 spiro atoms. The molecule has 1 aromatic heterocycles. The number of aromatic nitrogens is 1. The highest BCUT2D eigenvalue weighted by Crippen LogP contribution is 2.29. The van der Waals surface area contributed by atoms with Crippen LogP contribution in [0.3, 0.4) is 0 Å². The van der Waals surface area contributed by atoms with Gasteiger partial charge in [0.25, 0.3) is 5.69 Å². The zero-order valence-electron chi connectivity index (χ0n) is 12.1. The number of fused-ring (bicyclic) bond motifs is 1. The van der Waals surface area contributed by atoms with Gasteiger partial charge >= 0.3 is 0 Å². The smallest absolute Gasteiger partial charge is 0.293 e. The van der Waals surface area contributed by atoms with E-state index in [0.717, 1.165) is 12.0 Å². The molecule has 0 aliphatic rings. The zero-order chi connectivity index (χ0) is 15.0. The van der Waals surface area contributed by atoms with Crippen molar-refractivity contribution < 1.29 is 4.92 Å². The number of non-ortho nitro benzene ring substituents is 1. The van der Waals surface area contributed by atoms with Gasteiger partial charge in [-0.05, 0) is 37.8 Å². The molecule has 1 heterocycles. The van der Waals surface area contributed by atoms with Crippen LogP contribution in [0.1, 0.15) is 43.0 Å². The molecule has 0 amide bonds. The van der Waals surface area contributed by atoms with E-state index in [1.54, 1.807) is 26.0 Å². The van der Waals surface area contributed by atoms with Crippen molar-refractivity contribution in [3.63, 3.8) is 0 Å². The molecule has 1 N–H and O–H groups in total. The minimum Gasteiger partial charge on any atom is -0.353 e. The number of rotatable bonds is 3. The summed E-state index contributed by atoms with van der Waals surface area (Å²) in [5, 5.41) is 11.7. The molecule has 0 radical (unpaired) electrons. The van der Waals surface area contributed by atoms with Crippen molar-refractivity contribution in [3.8, 4) is 0 Å². The second kappa shape index (κ2) is 5.07. The number of hydrogen-bond donors (Lipinski definition) is 1. The number of hydrogen-bond acceptors (Lipinski definition) is 3. The minimum absolute atomic E-state index is 0.0296. The average molecular weight is 274 g/mol. The van der Waals surface area contributed by atoms with E-state index in [9.17, 15) is 14.9 Å². The van der Waals surface area contributed by atoms with E-state index in [2.05, 4.69) is 4.98 Å². The molecule has 1 atom stereocenters. The van der Waals surface area contributed by atoms with Crippen LogP contribution in [0.4, 0.5) is 5.69 Å². The lowest BCUT2D eigenvalue weighted by Gasteiger charge is -2.11. The minimum atomic E-state index is -0.432. The first-order valence-corrected chi connectivity index (χ1v) is 6.68. The summed E-state index contributed by atoms with van der Waals surface area (Å²) in [4.78, 5) is 26.2. The van der Waals surface area contributed by atoms with Gasteiger partial charge in [0.15, 0.2) is 5.43 Å². The third kappa shape index (κ3) is 2.19. The maximum Gasteiger partial charge on any atom is 0.293 e. The summed E-state index contributed by atoms with van der Waals surface area (Å²) in [6.07, 6.45) is 0.866. The molecule has 5 heteroatoms. The van der Waals surface area contributed by atoms with Gasteiger partial charge < -0.3 is 4.98 Å². The Bertz CT molecular complexity index is 747. The lowest BCUT2D eigenvalue weighted by Crippen LogP contribution is -2.11. The maximum atomic E-state index is 12.3. The molecule has 0 fully saturated rings. The Labute approximate surface area is 116 Å². The Morgan fingerprint density at radius 3 is 2.55 bits per heavy atom. The Hall–Kier alpha value is -2.17. The molecule has 0 bridgehead atoms. The fourth-order valence-corrected chi connectivity index (χ4v) is 2.28. The predicted molar refractivity (Wildman–Crippen MR) is 79.4 cm³/mol.